The molecule has 5 aromatic carbocycles. The first kappa shape index (κ1) is 51.3. The molecule has 14 bridgehead atoms. The van der Waals surface area contributed by atoms with E-state index in [0.29, 0.717) is 71.2 Å². The number of carbonyl (C=O) groups excluding carboxylic acids is 4. The average molecular weight is 1060 g/mol. The number of aromatic nitrogens is 4. The molecule has 15 rings (SSSR count). The van der Waals surface area contributed by atoms with Gasteiger partial charge in [-0.1, -0.05) is 136 Å². The molecular formula is C68H62N8O4. The number of benzene rings is 5. The number of nitrogens with zero attached hydrogens (tertiary/aromatic N) is 2. The van der Waals surface area contributed by atoms with E-state index in [-0.39, 0.29) is 36.5 Å². The number of amides is 4. The van der Waals surface area contributed by atoms with Crippen molar-refractivity contribution < 1.29 is 19.2 Å². The van der Waals surface area contributed by atoms with E-state index >= 15 is 0 Å². The normalized spacial score (nSPS) is 15.4. The summed E-state index contributed by atoms with van der Waals surface area (Å²) in [5.74, 6) is -0.415. The van der Waals surface area contributed by atoms with Crippen LogP contribution in [0.25, 0.3) is 90.9 Å². The first-order valence-electron chi connectivity index (χ1n) is 28.1. The Labute approximate surface area is 464 Å². The molecule has 0 aliphatic carbocycles. The largest absolute Gasteiger partial charge is 0.354 e. The third-order valence-electron chi connectivity index (χ3n) is 15.5. The van der Waals surface area contributed by atoms with Gasteiger partial charge in [0.2, 0.25) is 23.6 Å². The van der Waals surface area contributed by atoms with Crippen LogP contribution in [0.4, 0.5) is 22.7 Å². The molecule has 0 atom stereocenters. The van der Waals surface area contributed by atoms with Gasteiger partial charge in [-0.2, -0.15) is 0 Å². The van der Waals surface area contributed by atoms with E-state index in [0.717, 1.165) is 129 Å². The van der Waals surface area contributed by atoms with Gasteiger partial charge in [-0.15, -0.1) is 0 Å². The second-order valence-electron chi connectivity index (χ2n) is 21.0. The summed E-state index contributed by atoms with van der Waals surface area (Å²) in [6, 6.07) is 47.6. The highest BCUT2D eigenvalue weighted by Gasteiger charge is 2.24. The lowest BCUT2D eigenvalue weighted by atomic mass is 10.0. The minimum atomic E-state index is -0.144. The van der Waals surface area contributed by atoms with Crippen LogP contribution in [0.1, 0.15) is 111 Å². The predicted octanol–water partition coefficient (Wildman–Crippen LogP) is 15.6. The summed E-state index contributed by atoms with van der Waals surface area (Å²) in [6.45, 7) is 0. The van der Waals surface area contributed by atoms with Gasteiger partial charge in [-0.3, -0.25) is 19.2 Å². The zero-order chi connectivity index (χ0) is 54.4. The molecule has 7 aliphatic rings. The van der Waals surface area contributed by atoms with Gasteiger partial charge in [0.1, 0.15) is 0 Å². The van der Waals surface area contributed by atoms with E-state index < -0.39 is 0 Å². The second-order valence-corrected chi connectivity index (χ2v) is 21.0. The zero-order valence-electron chi connectivity index (χ0n) is 44.6. The lowest BCUT2D eigenvalue weighted by Gasteiger charge is -2.14. The molecule has 0 fully saturated rings. The van der Waals surface area contributed by atoms with Gasteiger partial charge in [-0.25, -0.2) is 9.97 Å². The Kier molecular flexibility index (Phi) is 14.9. The summed E-state index contributed by atoms with van der Waals surface area (Å²) < 4.78 is 0. The smallest absolute Gasteiger partial charge is 0.224 e. The van der Waals surface area contributed by atoms with E-state index in [1.165, 1.54) is 0 Å². The van der Waals surface area contributed by atoms with E-state index in [1.807, 2.05) is 170 Å². The highest BCUT2D eigenvalue weighted by atomic mass is 16.2. The van der Waals surface area contributed by atoms with Gasteiger partial charge in [-0.05, 0) is 110 Å². The molecule has 0 unspecified atom stereocenters. The second kappa shape index (κ2) is 23.3. The van der Waals surface area contributed by atoms with Crippen LogP contribution in [-0.4, -0.2) is 43.6 Å². The lowest BCUT2D eigenvalue weighted by molar-refractivity contribution is -0.117. The number of para-hydroxylation sites is 4. The van der Waals surface area contributed by atoms with Gasteiger partial charge in [0.25, 0.3) is 0 Å². The van der Waals surface area contributed by atoms with Crippen LogP contribution in [0.2, 0.25) is 0 Å². The predicted molar refractivity (Wildman–Crippen MR) is 324 cm³/mol. The van der Waals surface area contributed by atoms with Crippen LogP contribution >= 0.6 is 0 Å². The van der Waals surface area contributed by atoms with Crippen molar-refractivity contribution in [3.63, 3.8) is 0 Å². The monoisotopic (exact) mass is 1050 g/mol. The number of aryl methyl sites for hydroxylation is 2. The third-order valence-corrected chi connectivity index (χ3v) is 15.5. The Balaban J connectivity index is 1.20. The quantitative estimate of drug-likeness (QED) is 0.0882. The number of rotatable bonds is 0. The topological polar surface area (TPSA) is 174 Å². The number of aromatic amines is 2. The zero-order valence-corrected chi connectivity index (χ0v) is 44.6. The van der Waals surface area contributed by atoms with E-state index in [4.69, 9.17) is 9.97 Å². The fourth-order valence-corrected chi connectivity index (χ4v) is 11.5. The van der Waals surface area contributed by atoms with E-state index in [9.17, 15) is 19.2 Å². The fraction of sp³-hybridized carbons (Fsp3) is 0.206. The van der Waals surface area contributed by atoms with Crippen molar-refractivity contribution in [2.24, 2.45) is 0 Å². The van der Waals surface area contributed by atoms with Gasteiger partial charge in [0.05, 0.1) is 22.8 Å². The number of nitrogens with one attached hydrogen (secondary N) is 6. The first-order chi connectivity index (χ1) is 39.3. The third kappa shape index (κ3) is 11.2. The summed E-state index contributed by atoms with van der Waals surface area (Å²) in [7, 11) is 0. The van der Waals surface area contributed by atoms with Crippen LogP contribution < -0.4 is 21.3 Å². The van der Waals surface area contributed by atoms with Crippen molar-refractivity contribution in [2.45, 2.75) is 89.9 Å². The molecular weight excluding hydrogens is 993 g/mol. The van der Waals surface area contributed by atoms with Gasteiger partial charge in [0, 0.05) is 115 Å². The number of hydrogen-bond donors (Lipinski definition) is 6. The molecule has 0 radical (unpaired) electrons. The van der Waals surface area contributed by atoms with Gasteiger partial charge in [0.15, 0.2) is 0 Å². The number of fused-ring (bicyclic) bond motifs is 2. The molecule has 398 valence electrons. The SMILES string of the molecule is O=C1CCCCCCCCCCC(=O)Nc2ccccc2-c2c3nc(c4c5ccc([nH]5)c(c5nc(c(c6ccc2[nH]6)-c2ccccc2NC(=O)CCc2ccc(cc2)CCC(=O)Nc2ccccc2-4)C=C5)-c2ccccc2N1)C=C3. The van der Waals surface area contributed by atoms with E-state index in [1.54, 1.807) is 0 Å². The standard InChI is InChI=1S/C68H62N8O4/c77-61-25-7-5-3-1-2-4-6-8-26-62(78)74-50-22-14-10-18-46(50)66-55-35-39-59(71-55)67-47-19-11-15-23-51(47)75-63(79)41-31-43-27-29-44(30-28-43)32-42-64(80)76-52-24-16-12-20-48(52)68(60-40-36-56(66)72-60)58-38-34-54(70-58)65(53-33-37-57(67)69-53)45-17-9-13-21-49(45)73-61/h9-24,27-30,33-40,69,72H,1-8,25-26,31-32,41-42H2,(H,73,77)(H,74,78)(H,75,79)(H,76,80). The number of hydrogen-bond acceptors (Lipinski definition) is 6. The minimum absolute atomic E-state index is 0.0632. The Morgan fingerprint density at radius 1 is 0.275 bits per heavy atom. The maximum absolute atomic E-state index is 14.1. The van der Waals surface area contributed by atoms with Crippen LogP contribution in [-0.2, 0) is 32.0 Å². The van der Waals surface area contributed by atoms with Crippen LogP contribution in [0.3, 0.4) is 0 Å². The first-order valence-corrected chi connectivity index (χ1v) is 28.1. The molecule has 12 nitrogen and oxygen atoms in total. The molecule has 6 N–H and O–H groups in total. The Bertz CT molecular complexity index is 3700. The van der Waals surface area contributed by atoms with Gasteiger partial charge >= 0.3 is 0 Å². The average Bonchev–Trinajstić information content (AvgIpc) is 4.46. The minimum Gasteiger partial charge on any atom is -0.354 e. The molecule has 7 aliphatic heterocycles. The van der Waals surface area contributed by atoms with Crippen molar-refractivity contribution in [1.82, 2.24) is 19.9 Å². The highest BCUT2D eigenvalue weighted by Crippen LogP contribution is 2.43. The van der Waals surface area contributed by atoms with Crippen molar-refractivity contribution in [3.05, 3.63) is 179 Å². The molecule has 8 aromatic rings. The molecule has 4 amide bonds. The summed E-state index contributed by atoms with van der Waals surface area (Å²) >= 11 is 0. The van der Waals surface area contributed by atoms with Crippen molar-refractivity contribution in [1.29, 1.82) is 0 Å². The molecule has 0 spiro atoms. The van der Waals surface area contributed by atoms with Crippen LogP contribution in [0.15, 0.2) is 146 Å². The Hall–Kier alpha value is -9.42. The lowest BCUT2D eigenvalue weighted by Crippen LogP contribution is -2.13. The molecule has 0 saturated carbocycles. The Morgan fingerprint density at radius 2 is 0.537 bits per heavy atom. The Morgan fingerprint density at radius 3 is 0.838 bits per heavy atom. The number of carbonyl (C=O) groups is 4. The highest BCUT2D eigenvalue weighted by molar-refractivity contribution is 6.07. The molecule has 80 heavy (non-hydrogen) atoms. The fourth-order valence-electron chi connectivity index (χ4n) is 11.5. The van der Waals surface area contributed by atoms with E-state index in [2.05, 4.69) is 31.2 Å². The molecule has 12 heteroatoms. The molecule has 0 saturated heterocycles. The van der Waals surface area contributed by atoms with Crippen LogP contribution in [0, 0.1) is 0 Å². The summed E-state index contributed by atoms with van der Waals surface area (Å²) in [5, 5.41) is 13.1. The maximum Gasteiger partial charge on any atom is 0.224 e. The molecule has 10 heterocycles. The van der Waals surface area contributed by atoms with Crippen molar-refractivity contribution in [2.75, 3.05) is 21.3 Å². The number of anilines is 4. The number of H-pyrrole nitrogens is 2. The maximum atomic E-state index is 14.1. The van der Waals surface area contributed by atoms with Crippen molar-refractivity contribution >= 4 is 92.7 Å². The summed E-state index contributed by atoms with van der Waals surface area (Å²) in [4.78, 5) is 74.9. The van der Waals surface area contributed by atoms with Crippen molar-refractivity contribution in [3.8, 4) is 44.5 Å². The van der Waals surface area contributed by atoms with Gasteiger partial charge < -0.3 is 31.2 Å². The van der Waals surface area contributed by atoms with Crippen LogP contribution in [0.5, 0.6) is 0 Å². The summed E-state index contributed by atoms with van der Waals surface area (Å²) in [6.07, 6.45) is 18.0. The molecule has 3 aromatic heterocycles. The summed E-state index contributed by atoms with van der Waals surface area (Å²) in [5.41, 5.74) is 16.0.